The van der Waals surface area contributed by atoms with Crippen LogP contribution in [0.5, 0.6) is 0 Å². The highest BCUT2D eigenvalue weighted by atomic mass is 32.2. The summed E-state index contributed by atoms with van der Waals surface area (Å²) < 4.78 is 0. The Labute approximate surface area is 171 Å². The van der Waals surface area contributed by atoms with Crippen LogP contribution in [0.15, 0.2) is 35.2 Å². The van der Waals surface area contributed by atoms with Gasteiger partial charge in [0.25, 0.3) is 11.6 Å². The SMILES string of the molecule is CC[C@@H]1CCc2sc(C(=O)NNC(=O)CSc3ccc([N+](=O)[O-])cc3)cc2C1. The number of carbonyl (C=O) groups excluding carboxylic acids is 2. The second-order valence-electron chi connectivity index (χ2n) is 6.62. The number of thiophene rings is 1. The van der Waals surface area contributed by atoms with Gasteiger partial charge < -0.3 is 0 Å². The molecule has 0 unspecified atom stereocenters. The number of nitro benzene ring substituents is 1. The molecule has 28 heavy (non-hydrogen) atoms. The lowest BCUT2D eigenvalue weighted by molar-refractivity contribution is -0.384. The van der Waals surface area contributed by atoms with Gasteiger partial charge in [-0.15, -0.1) is 23.1 Å². The van der Waals surface area contributed by atoms with Gasteiger partial charge >= 0.3 is 0 Å². The number of nitrogens with one attached hydrogen (secondary N) is 2. The van der Waals surface area contributed by atoms with Crippen LogP contribution >= 0.6 is 23.1 Å². The molecule has 1 aliphatic carbocycles. The van der Waals surface area contributed by atoms with E-state index in [0.717, 1.165) is 24.2 Å². The van der Waals surface area contributed by atoms with Crippen LogP contribution in [0.1, 0.15) is 39.9 Å². The first kappa shape index (κ1) is 20.3. The number of non-ortho nitro benzene ring substituents is 1. The summed E-state index contributed by atoms with van der Waals surface area (Å²) >= 11 is 2.74. The van der Waals surface area contributed by atoms with Crippen molar-refractivity contribution in [1.29, 1.82) is 0 Å². The fourth-order valence-corrected chi connectivity index (χ4v) is 4.90. The molecule has 148 valence electrons. The maximum absolute atomic E-state index is 12.3. The smallest absolute Gasteiger partial charge is 0.272 e. The van der Waals surface area contributed by atoms with Crippen LogP contribution in [0.3, 0.4) is 0 Å². The van der Waals surface area contributed by atoms with E-state index >= 15 is 0 Å². The van der Waals surface area contributed by atoms with Crippen LogP contribution in [0.2, 0.25) is 0 Å². The third-order valence-electron chi connectivity index (χ3n) is 4.72. The van der Waals surface area contributed by atoms with Gasteiger partial charge in [-0.05, 0) is 48.9 Å². The minimum atomic E-state index is -0.471. The predicted octanol–water partition coefficient (Wildman–Crippen LogP) is 3.72. The number of carbonyl (C=O) groups is 2. The molecular weight excluding hydrogens is 398 g/mol. The lowest BCUT2D eigenvalue weighted by atomic mass is 9.87. The van der Waals surface area contributed by atoms with Crippen molar-refractivity contribution in [3.05, 3.63) is 55.8 Å². The molecule has 1 aromatic heterocycles. The molecule has 1 atom stereocenters. The normalized spacial score (nSPS) is 15.5. The Morgan fingerprint density at radius 1 is 1.29 bits per heavy atom. The molecule has 7 nitrogen and oxygen atoms in total. The van der Waals surface area contributed by atoms with Crippen molar-refractivity contribution in [2.75, 3.05) is 5.75 Å². The van der Waals surface area contributed by atoms with E-state index in [9.17, 15) is 19.7 Å². The number of amides is 2. The summed E-state index contributed by atoms with van der Waals surface area (Å²) in [6, 6.07) is 7.91. The van der Waals surface area contributed by atoms with Crippen LogP contribution in [-0.2, 0) is 17.6 Å². The van der Waals surface area contributed by atoms with E-state index in [-0.39, 0.29) is 23.3 Å². The van der Waals surface area contributed by atoms with Crippen LogP contribution < -0.4 is 10.9 Å². The van der Waals surface area contributed by atoms with Crippen molar-refractivity contribution < 1.29 is 14.5 Å². The maximum Gasteiger partial charge on any atom is 0.279 e. The van der Waals surface area contributed by atoms with Gasteiger partial charge in [-0.3, -0.25) is 30.6 Å². The van der Waals surface area contributed by atoms with Gasteiger partial charge in [0.2, 0.25) is 5.91 Å². The number of thioether (sulfide) groups is 1. The summed E-state index contributed by atoms with van der Waals surface area (Å²) in [5, 5.41) is 10.6. The fourth-order valence-electron chi connectivity index (χ4n) is 3.10. The number of benzene rings is 1. The van der Waals surface area contributed by atoms with E-state index in [1.165, 1.54) is 52.1 Å². The van der Waals surface area contributed by atoms with Gasteiger partial charge in [0.05, 0.1) is 15.6 Å². The number of hydrogen-bond donors (Lipinski definition) is 2. The summed E-state index contributed by atoms with van der Waals surface area (Å²) in [5.41, 5.74) is 6.15. The van der Waals surface area contributed by atoms with Crippen molar-refractivity contribution in [3.8, 4) is 0 Å². The minimum absolute atomic E-state index is 0.00460. The summed E-state index contributed by atoms with van der Waals surface area (Å²) in [6.45, 7) is 2.19. The second-order valence-corrected chi connectivity index (χ2v) is 8.80. The molecule has 1 heterocycles. The summed E-state index contributed by atoms with van der Waals surface area (Å²) in [5.74, 6) is 0.136. The third kappa shape index (κ3) is 5.11. The summed E-state index contributed by atoms with van der Waals surface area (Å²) in [7, 11) is 0. The first-order valence-electron chi connectivity index (χ1n) is 9.04. The molecule has 2 N–H and O–H groups in total. The third-order valence-corrected chi connectivity index (χ3v) is 6.97. The molecule has 3 rings (SSSR count). The molecule has 9 heteroatoms. The lowest BCUT2D eigenvalue weighted by Gasteiger charge is -2.19. The Hall–Kier alpha value is -2.39. The second kappa shape index (κ2) is 9.20. The van der Waals surface area contributed by atoms with Crippen molar-refractivity contribution in [2.45, 2.75) is 37.5 Å². The Morgan fingerprint density at radius 3 is 2.71 bits per heavy atom. The number of nitrogens with zero attached hydrogens (tertiary/aromatic N) is 1. The average molecular weight is 420 g/mol. The summed E-state index contributed by atoms with van der Waals surface area (Å²) in [4.78, 5) is 37.1. The monoisotopic (exact) mass is 419 g/mol. The zero-order valence-corrected chi connectivity index (χ0v) is 17.0. The zero-order valence-electron chi connectivity index (χ0n) is 15.4. The first-order chi connectivity index (χ1) is 13.5. The van der Waals surface area contributed by atoms with E-state index in [1.807, 2.05) is 6.07 Å². The van der Waals surface area contributed by atoms with Gasteiger partial charge in [-0.2, -0.15) is 0 Å². The summed E-state index contributed by atoms with van der Waals surface area (Å²) in [6.07, 6.45) is 4.36. The van der Waals surface area contributed by atoms with Crippen LogP contribution in [0.4, 0.5) is 5.69 Å². The van der Waals surface area contributed by atoms with Crippen molar-refractivity contribution >= 4 is 40.6 Å². The van der Waals surface area contributed by atoms with Gasteiger partial charge in [0, 0.05) is 21.9 Å². The minimum Gasteiger partial charge on any atom is -0.272 e. The average Bonchev–Trinajstić information content (AvgIpc) is 3.14. The van der Waals surface area contributed by atoms with E-state index in [4.69, 9.17) is 0 Å². The number of hydrogen-bond acceptors (Lipinski definition) is 6. The number of fused-ring (bicyclic) bond motifs is 1. The molecule has 0 aliphatic heterocycles. The van der Waals surface area contributed by atoms with Crippen LogP contribution in [0.25, 0.3) is 0 Å². The molecule has 0 bridgehead atoms. The van der Waals surface area contributed by atoms with Crippen LogP contribution in [0, 0.1) is 16.0 Å². The lowest BCUT2D eigenvalue weighted by Crippen LogP contribution is -2.42. The first-order valence-corrected chi connectivity index (χ1v) is 10.8. The molecule has 1 aliphatic rings. The van der Waals surface area contributed by atoms with Gasteiger partial charge in [0.15, 0.2) is 0 Å². The zero-order chi connectivity index (χ0) is 20.1. The Balaban J connectivity index is 1.46. The van der Waals surface area contributed by atoms with E-state index in [2.05, 4.69) is 17.8 Å². The molecule has 0 fully saturated rings. The number of rotatable bonds is 6. The van der Waals surface area contributed by atoms with Crippen molar-refractivity contribution in [1.82, 2.24) is 10.9 Å². The highest BCUT2D eigenvalue weighted by molar-refractivity contribution is 8.00. The molecule has 0 saturated heterocycles. The fraction of sp³-hybridized carbons (Fsp3) is 0.368. The molecule has 0 spiro atoms. The van der Waals surface area contributed by atoms with E-state index < -0.39 is 4.92 Å². The molecule has 0 saturated carbocycles. The number of nitro groups is 1. The topological polar surface area (TPSA) is 101 Å². The van der Waals surface area contributed by atoms with Crippen LogP contribution in [-0.4, -0.2) is 22.5 Å². The molecule has 1 aromatic carbocycles. The number of aryl methyl sites for hydroxylation is 1. The predicted molar refractivity (Wildman–Crippen MR) is 110 cm³/mol. The Bertz CT molecular complexity index is 880. The highest BCUT2D eigenvalue weighted by Gasteiger charge is 2.22. The molecular formula is C19H21N3O4S2. The van der Waals surface area contributed by atoms with Gasteiger partial charge in [0.1, 0.15) is 0 Å². The molecule has 2 aromatic rings. The quantitative estimate of drug-likeness (QED) is 0.422. The highest BCUT2D eigenvalue weighted by Crippen LogP contribution is 2.33. The largest absolute Gasteiger partial charge is 0.279 e. The van der Waals surface area contributed by atoms with E-state index in [1.54, 1.807) is 12.1 Å². The van der Waals surface area contributed by atoms with Crippen molar-refractivity contribution in [2.24, 2.45) is 5.92 Å². The Morgan fingerprint density at radius 2 is 2.04 bits per heavy atom. The molecule has 2 amide bonds. The van der Waals surface area contributed by atoms with E-state index in [0.29, 0.717) is 10.8 Å². The van der Waals surface area contributed by atoms with Gasteiger partial charge in [-0.25, -0.2) is 0 Å². The number of hydrazine groups is 1. The molecule has 0 radical (unpaired) electrons. The van der Waals surface area contributed by atoms with Crippen molar-refractivity contribution in [3.63, 3.8) is 0 Å². The maximum atomic E-state index is 12.3. The Kier molecular flexibility index (Phi) is 6.69. The standard InChI is InChI=1S/C19H21N3O4S2/c1-2-12-3-8-16-13(9-12)10-17(28-16)19(24)21-20-18(23)11-27-15-6-4-14(5-7-15)22(25)26/h4-7,10,12H,2-3,8-9,11H2,1H3,(H,20,23)(H,21,24)/t12-/m1/s1. The van der Waals surface area contributed by atoms with Gasteiger partial charge in [-0.1, -0.05) is 13.3 Å².